The molecule has 1 amide bonds. The molecule has 0 aromatic heterocycles. The molecule has 0 saturated carbocycles. The number of nitrogens with two attached hydrogens (primary N) is 1. The van der Waals surface area contributed by atoms with Gasteiger partial charge in [-0.2, -0.15) is 0 Å². The van der Waals surface area contributed by atoms with Gasteiger partial charge in [0.25, 0.3) is 0 Å². The van der Waals surface area contributed by atoms with E-state index in [4.69, 9.17) is 10.5 Å². The molecule has 1 fully saturated rings. The second-order valence-electron chi connectivity index (χ2n) is 5.32. The van der Waals surface area contributed by atoms with Crippen LogP contribution in [0.2, 0.25) is 0 Å². The van der Waals surface area contributed by atoms with Crippen molar-refractivity contribution < 1.29 is 9.53 Å². The summed E-state index contributed by atoms with van der Waals surface area (Å²) in [5.74, 6) is 0.934. The summed E-state index contributed by atoms with van der Waals surface area (Å²) in [4.78, 5) is 14.3. The normalized spacial score (nSPS) is 18.9. The average Bonchev–Trinajstić information content (AvgIpc) is 2.47. The number of benzene rings is 1. The molecule has 1 aliphatic heterocycles. The largest absolute Gasteiger partial charge is 0.493 e. The van der Waals surface area contributed by atoms with E-state index in [1.807, 2.05) is 23.1 Å². The first-order valence-corrected chi connectivity index (χ1v) is 7.48. The summed E-state index contributed by atoms with van der Waals surface area (Å²) >= 11 is 0. The standard InChI is InChI=1S/C16H24N2O2/c1-2-14-7-3-4-10-18(14)16(19)9-11-20-15-8-5-6-13(17)12-15/h5-6,8,12,14H,2-4,7,9-11,17H2,1H3. The molecule has 1 aliphatic rings. The van der Waals surface area contributed by atoms with E-state index in [0.29, 0.717) is 24.8 Å². The van der Waals surface area contributed by atoms with Crippen LogP contribution in [0.4, 0.5) is 5.69 Å². The van der Waals surface area contributed by atoms with Gasteiger partial charge >= 0.3 is 0 Å². The van der Waals surface area contributed by atoms with E-state index in [9.17, 15) is 4.79 Å². The number of piperidine rings is 1. The van der Waals surface area contributed by atoms with Crippen molar-refractivity contribution in [2.45, 2.75) is 45.1 Å². The SMILES string of the molecule is CCC1CCCCN1C(=O)CCOc1cccc(N)c1. The highest BCUT2D eigenvalue weighted by molar-refractivity contribution is 5.76. The maximum absolute atomic E-state index is 12.2. The van der Waals surface area contributed by atoms with Crippen molar-refractivity contribution in [2.24, 2.45) is 0 Å². The number of nitrogens with zero attached hydrogens (tertiary/aromatic N) is 1. The number of nitrogen functional groups attached to an aromatic ring is 1. The van der Waals surface area contributed by atoms with Crippen molar-refractivity contribution in [3.63, 3.8) is 0 Å². The summed E-state index contributed by atoms with van der Waals surface area (Å²) in [6.07, 6.45) is 4.98. The molecule has 1 aromatic carbocycles. The Labute approximate surface area is 120 Å². The van der Waals surface area contributed by atoms with Crippen molar-refractivity contribution in [1.82, 2.24) is 4.90 Å². The Kier molecular flexibility index (Phi) is 5.27. The van der Waals surface area contributed by atoms with Gasteiger partial charge in [0.05, 0.1) is 13.0 Å². The Balaban J connectivity index is 1.79. The summed E-state index contributed by atoms with van der Waals surface area (Å²) in [5, 5.41) is 0. The lowest BCUT2D eigenvalue weighted by atomic mass is 10.00. The fourth-order valence-corrected chi connectivity index (χ4v) is 2.76. The van der Waals surface area contributed by atoms with Crippen LogP contribution in [0.3, 0.4) is 0 Å². The minimum Gasteiger partial charge on any atom is -0.493 e. The van der Waals surface area contributed by atoms with Gasteiger partial charge in [0.1, 0.15) is 5.75 Å². The zero-order valence-electron chi connectivity index (χ0n) is 12.2. The van der Waals surface area contributed by atoms with Crippen molar-refractivity contribution in [3.8, 4) is 5.75 Å². The van der Waals surface area contributed by atoms with E-state index in [-0.39, 0.29) is 5.91 Å². The molecule has 0 spiro atoms. The van der Waals surface area contributed by atoms with Crippen LogP contribution in [-0.4, -0.2) is 30.0 Å². The third-order valence-electron chi connectivity index (χ3n) is 3.86. The molecule has 4 nitrogen and oxygen atoms in total. The molecule has 1 saturated heterocycles. The van der Waals surface area contributed by atoms with E-state index >= 15 is 0 Å². The van der Waals surface area contributed by atoms with E-state index in [2.05, 4.69) is 6.92 Å². The van der Waals surface area contributed by atoms with Crippen LogP contribution in [0.5, 0.6) is 5.75 Å². The van der Waals surface area contributed by atoms with Crippen molar-refractivity contribution >= 4 is 11.6 Å². The summed E-state index contributed by atoms with van der Waals surface area (Å²) in [6, 6.07) is 7.72. The zero-order chi connectivity index (χ0) is 14.4. The number of carbonyl (C=O) groups excluding carboxylic acids is 1. The van der Waals surface area contributed by atoms with Crippen molar-refractivity contribution in [1.29, 1.82) is 0 Å². The van der Waals surface area contributed by atoms with Crippen LogP contribution in [0.1, 0.15) is 39.0 Å². The molecule has 1 aromatic rings. The van der Waals surface area contributed by atoms with Crippen LogP contribution in [0.15, 0.2) is 24.3 Å². The molecule has 2 N–H and O–H groups in total. The Hall–Kier alpha value is -1.71. The minimum atomic E-state index is 0.209. The van der Waals surface area contributed by atoms with Gasteiger partial charge in [-0.1, -0.05) is 13.0 Å². The highest BCUT2D eigenvalue weighted by Crippen LogP contribution is 2.20. The Morgan fingerprint density at radius 1 is 1.45 bits per heavy atom. The number of rotatable bonds is 5. The Bertz CT molecular complexity index is 448. The predicted octanol–water partition coefficient (Wildman–Crippen LogP) is 2.83. The zero-order valence-corrected chi connectivity index (χ0v) is 12.2. The lowest BCUT2D eigenvalue weighted by molar-refractivity contribution is -0.135. The second kappa shape index (κ2) is 7.17. The van der Waals surface area contributed by atoms with E-state index in [1.165, 1.54) is 6.42 Å². The summed E-state index contributed by atoms with van der Waals surface area (Å²) in [5.41, 5.74) is 6.36. The van der Waals surface area contributed by atoms with Crippen LogP contribution >= 0.6 is 0 Å². The Morgan fingerprint density at radius 2 is 2.30 bits per heavy atom. The Morgan fingerprint density at radius 3 is 3.05 bits per heavy atom. The monoisotopic (exact) mass is 276 g/mol. The van der Waals surface area contributed by atoms with Crippen LogP contribution in [0, 0.1) is 0 Å². The molecule has 0 radical (unpaired) electrons. The van der Waals surface area contributed by atoms with Gasteiger partial charge in [-0.25, -0.2) is 0 Å². The quantitative estimate of drug-likeness (QED) is 0.841. The van der Waals surface area contributed by atoms with Gasteiger partial charge in [0.2, 0.25) is 5.91 Å². The molecule has 0 bridgehead atoms. The lowest BCUT2D eigenvalue weighted by Gasteiger charge is -2.35. The third-order valence-corrected chi connectivity index (χ3v) is 3.86. The van der Waals surface area contributed by atoms with Crippen LogP contribution in [0.25, 0.3) is 0 Å². The number of amides is 1. The highest BCUT2D eigenvalue weighted by atomic mass is 16.5. The molecule has 0 aliphatic carbocycles. The molecular formula is C16H24N2O2. The molecule has 1 heterocycles. The number of anilines is 1. The van der Waals surface area contributed by atoms with Gasteiger partial charge in [-0.3, -0.25) is 4.79 Å². The lowest BCUT2D eigenvalue weighted by Crippen LogP contribution is -2.43. The molecule has 1 atom stereocenters. The minimum absolute atomic E-state index is 0.209. The number of hydrogen-bond donors (Lipinski definition) is 1. The predicted molar refractivity (Wildman–Crippen MR) is 80.6 cm³/mol. The third kappa shape index (κ3) is 3.89. The second-order valence-corrected chi connectivity index (χ2v) is 5.32. The first kappa shape index (κ1) is 14.7. The molecule has 20 heavy (non-hydrogen) atoms. The maximum Gasteiger partial charge on any atom is 0.226 e. The number of hydrogen-bond acceptors (Lipinski definition) is 3. The average molecular weight is 276 g/mol. The highest BCUT2D eigenvalue weighted by Gasteiger charge is 2.24. The van der Waals surface area contributed by atoms with Gasteiger partial charge in [0.15, 0.2) is 0 Å². The number of carbonyl (C=O) groups is 1. The maximum atomic E-state index is 12.2. The smallest absolute Gasteiger partial charge is 0.226 e. The van der Waals surface area contributed by atoms with Gasteiger partial charge < -0.3 is 15.4 Å². The van der Waals surface area contributed by atoms with Crippen molar-refractivity contribution in [3.05, 3.63) is 24.3 Å². The van der Waals surface area contributed by atoms with Crippen LogP contribution < -0.4 is 10.5 Å². The first-order chi connectivity index (χ1) is 9.70. The summed E-state index contributed by atoms with van der Waals surface area (Å²) < 4.78 is 5.59. The van der Waals surface area contributed by atoms with E-state index in [1.54, 1.807) is 6.07 Å². The first-order valence-electron chi connectivity index (χ1n) is 7.48. The molecule has 4 heteroatoms. The van der Waals surface area contributed by atoms with E-state index in [0.717, 1.165) is 31.6 Å². The molecule has 1 unspecified atom stereocenters. The summed E-state index contributed by atoms with van der Waals surface area (Å²) in [7, 11) is 0. The van der Waals surface area contributed by atoms with Gasteiger partial charge in [0, 0.05) is 24.3 Å². The number of ether oxygens (including phenoxy) is 1. The molecular weight excluding hydrogens is 252 g/mol. The number of likely N-dealkylation sites (tertiary alicyclic amines) is 1. The van der Waals surface area contributed by atoms with Crippen LogP contribution in [-0.2, 0) is 4.79 Å². The van der Waals surface area contributed by atoms with Crippen molar-refractivity contribution in [2.75, 3.05) is 18.9 Å². The van der Waals surface area contributed by atoms with E-state index < -0.39 is 0 Å². The molecule has 2 rings (SSSR count). The summed E-state index contributed by atoms with van der Waals surface area (Å²) in [6.45, 7) is 3.46. The van der Waals surface area contributed by atoms with Gasteiger partial charge in [-0.15, -0.1) is 0 Å². The molecule has 110 valence electrons. The van der Waals surface area contributed by atoms with Gasteiger partial charge in [-0.05, 0) is 37.8 Å². The topological polar surface area (TPSA) is 55.6 Å². The fraction of sp³-hybridized carbons (Fsp3) is 0.562. The fourth-order valence-electron chi connectivity index (χ4n) is 2.76.